The summed E-state index contributed by atoms with van der Waals surface area (Å²) in [5.74, 6) is -4.72. The van der Waals surface area contributed by atoms with Crippen LogP contribution in [0.25, 0.3) is 0 Å². The maximum Gasteiger partial charge on any atom is 0.355 e. The SMILES string of the molecule is CCCCCCCCCC(F)(F)COc1cc(C(=O)O)n(F)c1. The number of ether oxygens (including phenoxy) is 1. The second kappa shape index (κ2) is 9.47. The van der Waals surface area contributed by atoms with E-state index in [0.717, 1.165) is 44.4 Å². The van der Waals surface area contributed by atoms with Gasteiger partial charge in [-0.05, 0) is 6.42 Å². The van der Waals surface area contributed by atoms with Crippen LogP contribution < -0.4 is 4.74 Å². The number of unbranched alkanes of at least 4 members (excludes halogenated alkanes) is 6. The van der Waals surface area contributed by atoms with Crippen LogP contribution in [0.15, 0.2) is 12.3 Å². The van der Waals surface area contributed by atoms with Gasteiger partial charge in [-0.3, -0.25) is 0 Å². The fourth-order valence-corrected chi connectivity index (χ4v) is 2.25. The lowest BCUT2D eigenvalue weighted by Crippen LogP contribution is -2.25. The molecule has 0 bridgehead atoms. The molecule has 1 aromatic rings. The molecule has 0 amide bonds. The Morgan fingerprint density at radius 3 is 2.39 bits per heavy atom. The van der Waals surface area contributed by atoms with Gasteiger partial charge in [-0.15, -0.1) is 0 Å². The predicted octanol–water partition coefficient (Wildman–Crippen LogP) is 5.07. The van der Waals surface area contributed by atoms with Crippen LogP contribution in [0.4, 0.5) is 13.3 Å². The van der Waals surface area contributed by atoms with Crippen molar-refractivity contribution in [2.45, 2.75) is 64.2 Å². The van der Waals surface area contributed by atoms with Crippen LogP contribution in [0.3, 0.4) is 0 Å². The second-order valence-electron chi connectivity index (χ2n) is 5.69. The number of aromatic carboxylic acids is 1. The molecule has 4 nitrogen and oxygen atoms in total. The van der Waals surface area contributed by atoms with Crippen LogP contribution in [0.5, 0.6) is 5.75 Å². The van der Waals surface area contributed by atoms with Crippen LogP contribution in [0.1, 0.15) is 68.8 Å². The summed E-state index contributed by atoms with van der Waals surface area (Å²) in [7, 11) is 0. The van der Waals surface area contributed by atoms with Gasteiger partial charge in [0, 0.05) is 12.5 Å². The normalized spacial score (nSPS) is 11.7. The summed E-state index contributed by atoms with van der Waals surface area (Å²) < 4.78 is 45.3. The molecule has 0 fully saturated rings. The average Bonchev–Trinajstić information content (AvgIpc) is 2.86. The number of halogens is 3. The van der Waals surface area contributed by atoms with E-state index in [1.54, 1.807) is 0 Å². The molecule has 0 aliphatic rings. The Morgan fingerprint density at radius 2 is 1.83 bits per heavy atom. The molecule has 0 aliphatic carbocycles. The molecule has 7 heteroatoms. The van der Waals surface area contributed by atoms with Gasteiger partial charge in [-0.25, -0.2) is 13.6 Å². The van der Waals surface area contributed by atoms with Gasteiger partial charge >= 0.3 is 5.97 Å². The molecule has 0 radical (unpaired) electrons. The summed E-state index contributed by atoms with van der Waals surface area (Å²) >= 11 is 0. The highest BCUT2D eigenvalue weighted by Crippen LogP contribution is 2.25. The van der Waals surface area contributed by atoms with Crippen LogP contribution in [-0.4, -0.2) is 28.4 Å². The first-order valence-corrected chi connectivity index (χ1v) is 7.98. The first-order valence-electron chi connectivity index (χ1n) is 7.98. The Kier molecular flexibility index (Phi) is 7.98. The minimum atomic E-state index is -3.01. The molecular weight excluding hydrogens is 311 g/mol. The lowest BCUT2D eigenvalue weighted by molar-refractivity contribution is -0.0495. The fourth-order valence-electron chi connectivity index (χ4n) is 2.25. The van der Waals surface area contributed by atoms with Crippen LogP contribution in [-0.2, 0) is 0 Å². The number of alkyl halides is 2. The van der Waals surface area contributed by atoms with Gasteiger partial charge in [0.1, 0.15) is 5.75 Å². The van der Waals surface area contributed by atoms with E-state index in [2.05, 4.69) is 6.92 Å². The zero-order chi connectivity index (χ0) is 17.3. The van der Waals surface area contributed by atoms with Crippen molar-refractivity contribution in [3.05, 3.63) is 18.0 Å². The maximum absolute atomic E-state index is 13.7. The van der Waals surface area contributed by atoms with Crippen molar-refractivity contribution in [1.29, 1.82) is 0 Å². The van der Waals surface area contributed by atoms with Gasteiger partial charge in [-0.1, -0.05) is 49.9 Å². The first-order chi connectivity index (χ1) is 10.9. The van der Waals surface area contributed by atoms with Crippen molar-refractivity contribution in [2.75, 3.05) is 6.61 Å². The lowest BCUT2D eigenvalue weighted by Gasteiger charge is -2.16. The zero-order valence-corrected chi connectivity index (χ0v) is 13.4. The van der Waals surface area contributed by atoms with E-state index in [0.29, 0.717) is 6.42 Å². The van der Waals surface area contributed by atoms with Gasteiger partial charge < -0.3 is 9.84 Å². The first kappa shape index (κ1) is 19.4. The Hall–Kier alpha value is -1.66. The number of carboxylic acid groups (broad SMARTS) is 1. The van der Waals surface area contributed by atoms with Crippen LogP contribution in [0.2, 0.25) is 0 Å². The zero-order valence-electron chi connectivity index (χ0n) is 13.4. The number of carboxylic acids is 1. The molecule has 23 heavy (non-hydrogen) atoms. The monoisotopic (exact) mass is 335 g/mol. The Labute approximate surface area is 134 Å². The van der Waals surface area contributed by atoms with E-state index in [4.69, 9.17) is 9.84 Å². The van der Waals surface area contributed by atoms with Gasteiger partial charge in [-0.2, -0.15) is 4.79 Å². The largest absolute Gasteiger partial charge is 0.486 e. The standard InChI is InChI=1S/C16H24F3NO3/c1-2-3-4-5-6-7-8-9-16(17,18)12-23-13-10-14(15(21)22)20(19)11-13/h10-11H,2-9,12H2,1H3,(H,21,22). The minimum Gasteiger partial charge on any atom is -0.486 e. The van der Waals surface area contributed by atoms with Gasteiger partial charge in [0.25, 0.3) is 5.92 Å². The topological polar surface area (TPSA) is 51.5 Å². The number of nitrogens with zero attached hydrogens (tertiary/aromatic N) is 1. The highest BCUT2D eigenvalue weighted by atomic mass is 19.3. The molecular formula is C16H24F3NO3. The van der Waals surface area contributed by atoms with Crippen molar-refractivity contribution in [1.82, 2.24) is 4.79 Å². The second-order valence-corrected chi connectivity index (χ2v) is 5.69. The average molecular weight is 335 g/mol. The molecule has 0 saturated carbocycles. The smallest absolute Gasteiger partial charge is 0.355 e. The Morgan fingerprint density at radius 1 is 1.22 bits per heavy atom. The van der Waals surface area contributed by atoms with E-state index < -0.39 is 24.2 Å². The van der Waals surface area contributed by atoms with E-state index in [9.17, 15) is 18.1 Å². The number of hydrogen-bond donors (Lipinski definition) is 1. The number of carbonyl (C=O) groups is 1. The van der Waals surface area contributed by atoms with Crippen molar-refractivity contribution in [2.24, 2.45) is 0 Å². The molecule has 0 spiro atoms. The van der Waals surface area contributed by atoms with Crippen molar-refractivity contribution < 1.29 is 27.9 Å². The van der Waals surface area contributed by atoms with Gasteiger partial charge in [0.15, 0.2) is 12.3 Å². The van der Waals surface area contributed by atoms with Crippen molar-refractivity contribution in [3.63, 3.8) is 0 Å². The molecule has 0 aliphatic heterocycles. The number of aromatic nitrogens is 1. The third-order valence-electron chi connectivity index (χ3n) is 3.56. The Bertz CT molecular complexity index is 489. The van der Waals surface area contributed by atoms with Gasteiger partial charge in [0.2, 0.25) is 0 Å². The Balaban J connectivity index is 2.27. The molecule has 132 valence electrons. The van der Waals surface area contributed by atoms with Crippen molar-refractivity contribution >= 4 is 5.97 Å². The molecule has 1 heterocycles. The number of hydrogen-bond acceptors (Lipinski definition) is 2. The summed E-state index contributed by atoms with van der Waals surface area (Å²) in [6.07, 6.45) is 7.09. The molecule has 1 rings (SSSR count). The maximum atomic E-state index is 13.7. The molecule has 1 N–H and O–H groups in total. The van der Waals surface area contributed by atoms with E-state index in [1.165, 1.54) is 6.42 Å². The molecule has 0 saturated heterocycles. The van der Waals surface area contributed by atoms with E-state index in [-0.39, 0.29) is 17.0 Å². The highest BCUT2D eigenvalue weighted by molar-refractivity contribution is 5.86. The summed E-state index contributed by atoms with van der Waals surface area (Å²) in [6.45, 7) is 1.24. The van der Waals surface area contributed by atoms with E-state index in [1.807, 2.05) is 0 Å². The summed E-state index contributed by atoms with van der Waals surface area (Å²) in [4.78, 5) is 10.5. The highest BCUT2D eigenvalue weighted by Gasteiger charge is 2.29. The lowest BCUT2D eigenvalue weighted by atomic mass is 10.1. The molecule has 0 unspecified atom stereocenters. The number of rotatable bonds is 12. The minimum absolute atomic E-state index is 0.161. The predicted molar refractivity (Wildman–Crippen MR) is 80.9 cm³/mol. The quantitative estimate of drug-likeness (QED) is 0.542. The van der Waals surface area contributed by atoms with Gasteiger partial charge in [0.05, 0.1) is 6.20 Å². The fraction of sp³-hybridized carbons (Fsp3) is 0.688. The third-order valence-corrected chi connectivity index (χ3v) is 3.56. The van der Waals surface area contributed by atoms with Crippen LogP contribution >= 0.6 is 0 Å². The summed E-state index contributed by atoms with van der Waals surface area (Å²) in [6, 6.07) is 0.881. The summed E-state index contributed by atoms with van der Waals surface area (Å²) in [5, 5.41) is 8.66. The molecule has 0 atom stereocenters. The van der Waals surface area contributed by atoms with E-state index >= 15 is 0 Å². The molecule has 0 aromatic carbocycles. The van der Waals surface area contributed by atoms with Crippen molar-refractivity contribution in [3.8, 4) is 5.75 Å². The van der Waals surface area contributed by atoms with Crippen LogP contribution in [0, 0.1) is 0 Å². The summed E-state index contributed by atoms with van der Waals surface area (Å²) in [5.41, 5.74) is -0.657. The molecule has 1 aromatic heterocycles. The third kappa shape index (κ3) is 7.43.